The summed E-state index contributed by atoms with van der Waals surface area (Å²) in [6, 6.07) is 12.5. The topological polar surface area (TPSA) is 57.8 Å². The average Bonchev–Trinajstić information content (AvgIpc) is 3.05. The Kier molecular flexibility index (Phi) is 5.78. The number of halogens is 1. The second-order valence-electron chi connectivity index (χ2n) is 6.11. The van der Waals surface area contributed by atoms with Crippen molar-refractivity contribution in [1.82, 2.24) is 24.8 Å². The first-order valence-electron chi connectivity index (χ1n) is 8.62. The second-order valence-corrected chi connectivity index (χ2v) is 6.11. The van der Waals surface area contributed by atoms with Gasteiger partial charge in [0.05, 0.1) is 0 Å². The summed E-state index contributed by atoms with van der Waals surface area (Å²) in [5.74, 6) is 1.50. The van der Waals surface area contributed by atoms with E-state index in [1.807, 2.05) is 46.8 Å². The Morgan fingerprint density at radius 3 is 2.92 bits per heavy atom. The Bertz CT molecular complexity index is 888. The third kappa shape index (κ3) is 4.36. The fourth-order valence-corrected chi connectivity index (χ4v) is 2.88. The standard InChI is InChI=1S/C19H23FN6/c1-21-19(25(2)14-15-7-5-8-16(20)13-15)22-11-6-10-18-24-23-17-9-3-4-12-26(17)18/h3-5,7-9,12-13H,6,10-11,14H2,1-2H3,(H,21,22). The molecule has 2 aromatic heterocycles. The van der Waals surface area contributed by atoms with E-state index in [1.165, 1.54) is 6.07 Å². The van der Waals surface area contributed by atoms with Crippen molar-refractivity contribution in [3.8, 4) is 0 Å². The Hall–Kier alpha value is -2.96. The lowest BCUT2D eigenvalue weighted by molar-refractivity contribution is 0.473. The number of fused-ring (bicyclic) bond motifs is 1. The molecular formula is C19H23FN6. The number of nitrogens with one attached hydrogen (secondary N) is 1. The number of hydrogen-bond acceptors (Lipinski definition) is 3. The molecule has 1 N–H and O–H groups in total. The summed E-state index contributed by atoms with van der Waals surface area (Å²) in [5.41, 5.74) is 1.77. The van der Waals surface area contributed by atoms with Crippen molar-refractivity contribution < 1.29 is 4.39 Å². The van der Waals surface area contributed by atoms with Crippen molar-refractivity contribution in [2.45, 2.75) is 19.4 Å². The normalized spacial score (nSPS) is 11.7. The molecule has 1 aromatic carbocycles. The van der Waals surface area contributed by atoms with Crippen molar-refractivity contribution >= 4 is 11.6 Å². The molecule has 0 amide bonds. The van der Waals surface area contributed by atoms with Crippen molar-refractivity contribution in [2.75, 3.05) is 20.6 Å². The minimum Gasteiger partial charge on any atom is -0.356 e. The Morgan fingerprint density at radius 2 is 2.12 bits per heavy atom. The van der Waals surface area contributed by atoms with E-state index in [-0.39, 0.29) is 5.82 Å². The number of benzene rings is 1. The largest absolute Gasteiger partial charge is 0.356 e. The smallest absolute Gasteiger partial charge is 0.193 e. The lowest BCUT2D eigenvalue weighted by Crippen LogP contribution is -2.39. The van der Waals surface area contributed by atoms with Crippen LogP contribution in [0.2, 0.25) is 0 Å². The molecule has 0 unspecified atom stereocenters. The van der Waals surface area contributed by atoms with Crippen LogP contribution in [0.5, 0.6) is 0 Å². The third-order valence-electron chi connectivity index (χ3n) is 4.13. The summed E-state index contributed by atoms with van der Waals surface area (Å²) in [6.45, 7) is 1.36. The van der Waals surface area contributed by atoms with Gasteiger partial charge in [-0.05, 0) is 36.2 Å². The fraction of sp³-hybridized carbons (Fsp3) is 0.316. The summed E-state index contributed by atoms with van der Waals surface area (Å²) >= 11 is 0. The predicted octanol–water partition coefficient (Wildman–Crippen LogP) is 2.51. The van der Waals surface area contributed by atoms with Gasteiger partial charge in [-0.2, -0.15) is 0 Å². The molecule has 0 bridgehead atoms. The van der Waals surface area contributed by atoms with E-state index in [0.717, 1.165) is 42.4 Å². The number of pyridine rings is 1. The minimum absolute atomic E-state index is 0.223. The quantitative estimate of drug-likeness (QED) is 0.420. The third-order valence-corrected chi connectivity index (χ3v) is 4.13. The fourth-order valence-electron chi connectivity index (χ4n) is 2.88. The minimum atomic E-state index is -0.223. The van der Waals surface area contributed by atoms with Crippen LogP contribution < -0.4 is 5.32 Å². The van der Waals surface area contributed by atoms with Crippen molar-refractivity contribution in [3.63, 3.8) is 0 Å². The molecule has 0 radical (unpaired) electrons. The molecule has 3 rings (SSSR count). The molecule has 0 saturated carbocycles. The Morgan fingerprint density at radius 1 is 1.23 bits per heavy atom. The van der Waals surface area contributed by atoms with Crippen LogP contribution in [-0.4, -0.2) is 46.1 Å². The number of nitrogens with zero attached hydrogens (tertiary/aromatic N) is 5. The molecule has 26 heavy (non-hydrogen) atoms. The van der Waals surface area contributed by atoms with Gasteiger partial charge < -0.3 is 10.2 Å². The highest BCUT2D eigenvalue weighted by molar-refractivity contribution is 5.79. The number of aryl methyl sites for hydroxylation is 1. The molecule has 2 heterocycles. The van der Waals surface area contributed by atoms with Crippen molar-refractivity contribution in [2.24, 2.45) is 4.99 Å². The Labute approximate surface area is 152 Å². The van der Waals surface area contributed by atoms with E-state index in [4.69, 9.17) is 0 Å². The molecule has 0 spiro atoms. The number of guanidine groups is 1. The molecular weight excluding hydrogens is 331 g/mol. The number of hydrogen-bond donors (Lipinski definition) is 1. The summed E-state index contributed by atoms with van der Waals surface area (Å²) in [4.78, 5) is 6.27. The van der Waals surface area contributed by atoms with Gasteiger partial charge in [-0.25, -0.2) is 4.39 Å². The van der Waals surface area contributed by atoms with Gasteiger partial charge in [0.2, 0.25) is 0 Å². The van der Waals surface area contributed by atoms with Crippen LogP contribution in [0.1, 0.15) is 17.8 Å². The van der Waals surface area contributed by atoms with Gasteiger partial charge in [0.25, 0.3) is 0 Å². The molecule has 7 heteroatoms. The van der Waals surface area contributed by atoms with E-state index in [2.05, 4.69) is 20.5 Å². The average molecular weight is 354 g/mol. The van der Waals surface area contributed by atoms with Crippen LogP contribution >= 0.6 is 0 Å². The van der Waals surface area contributed by atoms with Crippen LogP contribution in [0, 0.1) is 5.82 Å². The number of aromatic nitrogens is 3. The van der Waals surface area contributed by atoms with Crippen LogP contribution in [0.15, 0.2) is 53.7 Å². The molecule has 6 nitrogen and oxygen atoms in total. The van der Waals surface area contributed by atoms with E-state index >= 15 is 0 Å². The maximum absolute atomic E-state index is 13.3. The van der Waals surface area contributed by atoms with Gasteiger partial charge in [0, 0.05) is 39.8 Å². The van der Waals surface area contributed by atoms with E-state index < -0.39 is 0 Å². The van der Waals surface area contributed by atoms with E-state index in [1.54, 1.807) is 19.2 Å². The van der Waals surface area contributed by atoms with Gasteiger partial charge in [-0.3, -0.25) is 9.39 Å². The zero-order valence-electron chi connectivity index (χ0n) is 15.1. The van der Waals surface area contributed by atoms with Crippen molar-refractivity contribution in [1.29, 1.82) is 0 Å². The summed E-state index contributed by atoms with van der Waals surface area (Å²) < 4.78 is 15.3. The summed E-state index contributed by atoms with van der Waals surface area (Å²) in [5, 5.41) is 11.7. The molecule has 0 aliphatic carbocycles. The number of aliphatic imine (C=N–C) groups is 1. The van der Waals surface area contributed by atoms with Crippen molar-refractivity contribution in [3.05, 3.63) is 65.9 Å². The maximum atomic E-state index is 13.3. The molecule has 0 aliphatic rings. The van der Waals surface area contributed by atoms with Gasteiger partial charge in [0.1, 0.15) is 11.6 Å². The zero-order valence-corrected chi connectivity index (χ0v) is 15.1. The highest BCUT2D eigenvalue weighted by atomic mass is 19.1. The highest BCUT2D eigenvalue weighted by Gasteiger charge is 2.08. The van der Waals surface area contributed by atoms with E-state index in [9.17, 15) is 4.39 Å². The number of rotatable bonds is 6. The molecule has 0 atom stereocenters. The summed E-state index contributed by atoms with van der Waals surface area (Å²) in [6.07, 6.45) is 3.70. The highest BCUT2D eigenvalue weighted by Crippen LogP contribution is 2.07. The SMILES string of the molecule is CN=C(NCCCc1nnc2ccccn12)N(C)Cc1cccc(F)c1. The molecule has 0 saturated heterocycles. The van der Waals surface area contributed by atoms with Crippen LogP contribution in [0.3, 0.4) is 0 Å². The first-order chi connectivity index (χ1) is 12.7. The molecule has 0 aliphatic heterocycles. The molecule has 136 valence electrons. The van der Waals surface area contributed by atoms with Gasteiger partial charge >= 0.3 is 0 Å². The first-order valence-corrected chi connectivity index (χ1v) is 8.62. The zero-order chi connectivity index (χ0) is 18.4. The Balaban J connectivity index is 1.49. The van der Waals surface area contributed by atoms with Gasteiger partial charge in [0.15, 0.2) is 11.6 Å². The van der Waals surface area contributed by atoms with Crippen LogP contribution in [0.4, 0.5) is 4.39 Å². The lowest BCUT2D eigenvalue weighted by Gasteiger charge is -2.22. The van der Waals surface area contributed by atoms with Gasteiger partial charge in [-0.15, -0.1) is 10.2 Å². The van der Waals surface area contributed by atoms with Gasteiger partial charge in [-0.1, -0.05) is 18.2 Å². The molecule has 0 fully saturated rings. The summed E-state index contributed by atoms with van der Waals surface area (Å²) in [7, 11) is 3.68. The second kappa shape index (κ2) is 8.42. The van der Waals surface area contributed by atoms with Crippen LogP contribution in [-0.2, 0) is 13.0 Å². The maximum Gasteiger partial charge on any atom is 0.193 e. The van der Waals surface area contributed by atoms with Crippen LogP contribution in [0.25, 0.3) is 5.65 Å². The monoisotopic (exact) mass is 354 g/mol. The van der Waals surface area contributed by atoms with E-state index in [0.29, 0.717) is 6.54 Å². The first kappa shape index (κ1) is 17.8. The molecule has 3 aromatic rings. The lowest BCUT2D eigenvalue weighted by atomic mass is 10.2. The predicted molar refractivity (Wildman–Crippen MR) is 101 cm³/mol.